The quantitative estimate of drug-likeness (QED) is 0.693. The summed E-state index contributed by atoms with van der Waals surface area (Å²) >= 11 is 0. The predicted octanol–water partition coefficient (Wildman–Crippen LogP) is 0.750. The standard InChI is InChI=1S/C10H14N3O/c1-13-6-3-9(4-7-13)14-10-2-5-11-8-12-10/h2,5,9H,3-4,6-7H2,1H3. The highest BCUT2D eigenvalue weighted by atomic mass is 16.5. The van der Waals surface area contributed by atoms with Gasteiger partial charge in [-0.1, -0.05) is 0 Å². The van der Waals surface area contributed by atoms with Crippen molar-refractivity contribution in [2.45, 2.75) is 18.9 Å². The summed E-state index contributed by atoms with van der Waals surface area (Å²) < 4.78 is 5.69. The van der Waals surface area contributed by atoms with Crippen LogP contribution in [0.5, 0.6) is 5.88 Å². The first-order valence-electron chi connectivity index (χ1n) is 4.89. The molecule has 1 saturated heterocycles. The smallest absolute Gasteiger partial charge is 0.217 e. The van der Waals surface area contributed by atoms with Crippen LogP contribution in [0.3, 0.4) is 0 Å². The summed E-state index contributed by atoms with van der Waals surface area (Å²) in [5, 5.41) is 0. The molecule has 1 radical (unpaired) electrons. The van der Waals surface area contributed by atoms with E-state index in [0.29, 0.717) is 12.0 Å². The molecule has 0 unspecified atom stereocenters. The molecule has 0 aromatic carbocycles. The van der Waals surface area contributed by atoms with Gasteiger partial charge in [0.2, 0.25) is 12.2 Å². The van der Waals surface area contributed by atoms with Crippen LogP contribution in [0.25, 0.3) is 0 Å². The Bertz CT molecular complexity index is 270. The van der Waals surface area contributed by atoms with E-state index in [1.165, 1.54) is 0 Å². The lowest BCUT2D eigenvalue weighted by Gasteiger charge is -2.28. The van der Waals surface area contributed by atoms with Gasteiger partial charge in [-0.15, -0.1) is 0 Å². The molecule has 2 heterocycles. The van der Waals surface area contributed by atoms with Crippen molar-refractivity contribution in [2.75, 3.05) is 20.1 Å². The molecule has 75 valence electrons. The molecule has 1 aromatic rings. The van der Waals surface area contributed by atoms with Gasteiger partial charge in [0.15, 0.2) is 0 Å². The molecule has 1 aliphatic rings. The maximum absolute atomic E-state index is 5.69. The fraction of sp³-hybridized carbons (Fsp3) is 0.600. The van der Waals surface area contributed by atoms with E-state index in [-0.39, 0.29) is 0 Å². The molecule has 0 atom stereocenters. The van der Waals surface area contributed by atoms with Crippen LogP contribution in [0.4, 0.5) is 0 Å². The van der Waals surface area contributed by atoms with Crippen LogP contribution in [0.15, 0.2) is 12.3 Å². The number of likely N-dealkylation sites (tertiary alicyclic amines) is 1. The van der Waals surface area contributed by atoms with Crippen molar-refractivity contribution in [3.63, 3.8) is 0 Å². The molecule has 0 spiro atoms. The summed E-state index contributed by atoms with van der Waals surface area (Å²) in [6.07, 6.45) is 6.61. The molecule has 1 fully saturated rings. The van der Waals surface area contributed by atoms with E-state index in [9.17, 15) is 0 Å². The van der Waals surface area contributed by atoms with Crippen molar-refractivity contribution in [3.8, 4) is 5.88 Å². The van der Waals surface area contributed by atoms with Gasteiger partial charge in [-0.05, 0) is 19.9 Å². The zero-order valence-corrected chi connectivity index (χ0v) is 8.31. The summed E-state index contributed by atoms with van der Waals surface area (Å²) in [5.74, 6) is 0.634. The minimum Gasteiger partial charge on any atom is -0.474 e. The highest BCUT2D eigenvalue weighted by molar-refractivity contribution is 5.04. The molecule has 0 bridgehead atoms. The summed E-state index contributed by atoms with van der Waals surface area (Å²) in [6.45, 7) is 2.19. The fourth-order valence-electron chi connectivity index (χ4n) is 1.59. The van der Waals surface area contributed by atoms with Crippen molar-refractivity contribution in [1.82, 2.24) is 14.9 Å². The first-order valence-corrected chi connectivity index (χ1v) is 4.89. The van der Waals surface area contributed by atoms with E-state index >= 15 is 0 Å². The lowest BCUT2D eigenvalue weighted by Crippen LogP contribution is -2.35. The van der Waals surface area contributed by atoms with Gasteiger partial charge in [-0.2, -0.15) is 4.98 Å². The average Bonchev–Trinajstić information content (AvgIpc) is 2.23. The Morgan fingerprint density at radius 2 is 2.29 bits per heavy atom. The molecule has 0 saturated carbocycles. The molecule has 0 amide bonds. The molecule has 0 aliphatic carbocycles. The van der Waals surface area contributed by atoms with E-state index in [2.05, 4.69) is 28.2 Å². The number of piperidine rings is 1. The van der Waals surface area contributed by atoms with Crippen LogP contribution in [-0.4, -0.2) is 41.1 Å². The van der Waals surface area contributed by atoms with E-state index in [1.54, 1.807) is 12.3 Å². The first-order chi connectivity index (χ1) is 6.84. The third kappa shape index (κ3) is 2.42. The number of ether oxygens (including phenoxy) is 1. The molecule has 14 heavy (non-hydrogen) atoms. The maximum Gasteiger partial charge on any atom is 0.217 e. The second-order valence-electron chi connectivity index (χ2n) is 3.62. The van der Waals surface area contributed by atoms with Crippen molar-refractivity contribution in [2.24, 2.45) is 0 Å². The van der Waals surface area contributed by atoms with Gasteiger partial charge in [0.05, 0.1) is 0 Å². The topological polar surface area (TPSA) is 38.2 Å². The van der Waals surface area contributed by atoms with Gasteiger partial charge in [0.1, 0.15) is 6.10 Å². The minimum absolute atomic E-state index is 0.300. The van der Waals surface area contributed by atoms with Gasteiger partial charge in [0, 0.05) is 25.4 Å². The molecule has 0 N–H and O–H groups in total. The number of hydrogen-bond donors (Lipinski definition) is 0. The Morgan fingerprint density at radius 1 is 1.50 bits per heavy atom. The number of hydrogen-bond acceptors (Lipinski definition) is 4. The Hall–Kier alpha value is -1.16. The van der Waals surface area contributed by atoms with E-state index in [0.717, 1.165) is 25.9 Å². The van der Waals surface area contributed by atoms with Crippen LogP contribution < -0.4 is 4.74 Å². The molecule has 4 nitrogen and oxygen atoms in total. The monoisotopic (exact) mass is 192 g/mol. The number of aromatic nitrogens is 2. The maximum atomic E-state index is 5.69. The summed E-state index contributed by atoms with van der Waals surface area (Å²) in [6, 6.07) is 1.77. The zero-order chi connectivity index (χ0) is 9.80. The molecular formula is C10H14N3O. The van der Waals surface area contributed by atoms with Crippen LogP contribution in [0.2, 0.25) is 0 Å². The van der Waals surface area contributed by atoms with Gasteiger partial charge in [-0.3, -0.25) is 0 Å². The molecule has 4 heteroatoms. The second-order valence-corrected chi connectivity index (χ2v) is 3.62. The largest absolute Gasteiger partial charge is 0.474 e. The van der Waals surface area contributed by atoms with Crippen molar-refractivity contribution >= 4 is 0 Å². The molecule has 2 rings (SSSR count). The van der Waals surface area contributed by atoms with Gasteiger partial charge in [0.25, 0.3) is 0 Å². The number of rotatable bonds is 2. The SMILES string of the molecule is CN1CCC(Oc2ccn[c]n2)CC1. The van der Waals surface area contributed by atoms with Crippen molar-refractivity contribution in [3.05, 3.63) is 18.6 Å². The van der Waals surface area contributed by atoms with Gasteiger partial charge >= 0.3 is 0 Å². The Morgan fingerprint density at radius 3 is 2.93 bits per heavy atom. The Balaban J connectivity index is 1.87. The number of nitrogens with zero attached hydrogens (tertiary/aromatic N) is 3. The molecule has 1 aromatic heterocycles. The third-order valence-corrected chi connectivity index (χ3v) is 2.46. The zero-order valence-electron chi connectivity index (χ0n) is 8.31. The van der Waals surface area contributed by atoms with Crippen LogP contribution >= 0.6 is 0 Å². The van der Waals surface area contributed by atoms with Crippen molar-refractivity contribution < 1.29 is 4.74 Å². The summed E-state index contributed by atoms with van der Waals surface area (Å²) in [4.78, 5) is 9.96. The normalized spacial score (nSPS) is 19.5. The highest BCUT2D eigenvalue weighted by Gasteiger charge is 2.18. The van der Waals surface area contributed by atoms with E-state index in [1.807, 2.05) is 0 Å². The first kappa shape index (κ1) is 9.40. The predicted molar refractivity (Wildman–Crippen MR) is 52.0 cm³/mol. The fourth-order valence-corrected chi connectivity index (χ4v) is 1.59. The lowest BCUT2D eigenvalue weighted by molar-refractivity contribution is 0.110. The Kier molecular flexibility index (Phi) is 2.93. The van der Waals surface area contributed by atoms with Crippen molar-refractivity contribution in [1.29, 1.82) is 0 Å². The van der Waals surface area contributed by atoms with Crippen LogP contribution in [0.1, 0.15) is 12.8 Å². The van der Waals surface area contributed by atoms with Gasteiger partial charge < -0.3 is 9.64 Å². The van der Waals surface area contributed by atoms with E-state index < -0.39 is 0 Å². The summed E-state index contributed by atoms with van der Waals surface area (Å²) in [7, 11) is 2.13. The second kappa shape index (κ2) is 4.37. The highest BCUT2D eigenvalue weighted by Crippen LogP contribution is 2.14. The lowest BCUT2D eigenvalue weighted by atomic mass is 10.1. The average molecular weight is 192 g/mol. The van der Waals surface area contributed by atoms with Crippen LogP contribution in [-0.2, 0) is 0 Å². The van der Waals surface area contributed by atoms with E-state index in [4.69, 9.17) is 4.74 Å². The molecule has 1 aliphatic heterocycles. The van der Waals surface area contributed by atoms with Crippen LogP contribution in [0, 0.1) is 6.33 Å². The summed E-state index contributed by atoms with van der Waals surface area (Å²) in [5.41, 5.74) is 0. The third-order valence-electron chi connectivity index (χ3n) is 2.46. The molecular weight excluding hydrogens is 178 g/mol. The Labute approximate surface area is 83.9 Å². The van der Waals surface area contributed by atoms with Gasteiger partial charge in [-0.25, -0.2) is 4.98 Å². The minimum atomic E-state index is 0.300.